The molecule has 0 aliphatic rings. The Hall–Kier alpha value is -2.59. The Bertz CT molecular complexity index is 1060. The Morgan fingerprint density at radius 3 is 2.44 bits per heavy atom. The summed E-state index contributed by atoms with van der Waals surface area (Å²) in [5.74, 6) is -0.316. The summed E-state index contributed by atoms with van der Waals surface area (Å²) in [4.78, 5) is 22.8. The van der Waals surface area contributed by atoms with Crippen LogP contribution < -0.4 is 5.56 Å². The number of aliphatic hydroxyl groups is 4. The lowest BCUT2D eigenvalue weighted by atomic mass is 9.93. The average Bonchev–Trinajstić information content (AvgIpc) is 2.62. The van der Waals surface area contributed by atoms with E-state index in [-0.39, 0.29) is 23.3 Å². The third-order valence-electron chi connectivity index (χ3n) is 4.75. The fraction of sp³-hybridized carbons (Fsp3) is 0.389. The number of hydrogen-bond donors (Lipinski definition) is 6. The van der Waals surface area contributed by atoms with Crippen LogP contribution in [-0.2, 0) is 6.42 Å². The number of aromatic nitrogens is 3. The normalized spacial score (nSPS) is 15.2. The van der Waals surface area contributed by atoms with E-state index in [4.69, 9.17) is 5.11 Å². The second-order valence-electron chi connectivity index (χ2n) is 6.62. The summed E-state index contributed by atoms with van der Waals surface area (Å²) in [5.41, 5.74) is 2.85. The van der Waals surface area contributed by atoms with E-state index in [1.54, 1.807) is 6.07 Å². The fourth-order valence-electron chi connectivity index (χ4n) is 3.06. The van der Waals surface area contributed by atoms with Crippen LogP contribution in [0.2, 0.25) is 0 Å². The van der Waals surface area contributed by atoms with Crippen LogP contribution in [0.25, 0.3) is 22.2 Å². The van der Waals surface area contributed by atoms with Gasteiger partial charge in [-0.05, 0) is 36.6 Å². The SMILES string of the molecule is Cc1cc2nc3[nH]c(=O)cc(O)c3nc2c(C[C@H](O)[C@H](O)[C@H](O)CO)c1C. The third kappa shape index (κ3) is 3.50. The van der Waals surface area contributed by atoms with E-state index in [1.807, 2.05) is 13.8 Å². The monoisotopic (exact) mass is 375 g/mol. The number of aromatic hydroxyl groups is 1. The van der Waals surface area contributed by atoms with Crippen molar-refractivity contribution in [2.24, 2.45) is 0 Å². The van der Waals surface area contributed by atoms with Gasteiger partial charge in [0.05, 0.1) is 23.7 Å². The van der Waals surface area contributed by atoms with Gasteiger partial charge in [0.2, 0.25) is 0 Å². The number of aliphatic hydroxyl groups excluding tert-OH is 4. The van der Waals surface area contributed by atoms with Gasteiger partial charge in [0.25, 0.3) is 5.56 Å². The molecule has 0 bridgehead atoms. The number of fused-ring (bicyclic) bond motifs is 2. The Kier molecular flexibility index (Phi) is 5.11. The first-order valence-corrected chi connectivity index (χ1v) is 8.40. The first-order chi connectivity index (χ1) is 12.7. The minimum absolute atomic E-state index is 0.0491. The standard InChI is InChI=1S/C18H21N3O6/c1-7-3-10-15(21-16-11(23)5-14(26)20-18(16)19-10)9(8(7)2)4-12(24)17(27)13(25)6-22/h3,5,12-13,17,22,24-25,27H,4,6H2,1-2H3,(H2,19,20,23,26)/t12-,13+,17-/m0/s1. The molecule has 0 fully saturated rings. The van der Waals surface area contributed by atoms with E-state index in [0.29, 0.717) is 16.6 Å². The summed E-state index contributed by atoms with van der Waals surface area (Å²) in [6.45, 7) is 2.99. The van der Waals surface area contributed by atoms with Gasteiger partial charge >= 0.3 is 0 Å². The van der Waals surface area contributed by atoms with Crippen LogP contribution in [0, 0.1) is 13.8 Å². The summed E-state index contributed by atoms with van der Waals surface area (Å²) in [7, 11) is 0. The van der Waals surface area contributed by atoms with Crippen LogP contribution in [-0.4, -0.2) is 65.4 Å². The second kappa shape index (κ2) is 7.20. The van der Waals surface area contributed by atoms with Crippen LogP contribution in [0.5, 0.6) is 5.75 Å². The maximum atomic E-state index is 11.6. The van der Waals surface area contributed by atoms with Gasteiger partial charge in [0.15, 0.2) is 11.4 Å². The molecule has 9 nitrogen and oxygen atoms in total. The quantitative estimate of drug-likeness (QED) is 0.323. The van der Waals surface area contributed by atoms with Gasteiger partial charge in [0, 0.05) is 12.5 Å². The van der Waals surface area contributed by atoms with Crippen molar-refractivity contribution >= 4 is 22.2 Å². The maximum Gasteiger partial charge on any atom is 0.253 e. The zero-order valence-corrected chi connectivity index (χ0v) is 14.8. The third-order valence-corrected chi connectivity index (χ3v) is 4.75. The molecule has 3 rings (SSSR count). The number of pyridine rings is 1. The molecule has 3 atom stereocenters. The Morgan fingerprint density at radius 2 is 1.78 bits per heavy atom. The minimum Gasteiger partial charge on any atom is -0.505 e. The number of aromatic amines is 1. The predicted octanol–water partition coefficient (Wildman–Crippen LogP) is -0.589. The Morgan fingerprint density at radius 1 is 1.07 bits per heavy atom. The molecule has 3 aromatic rings. The van der Waals surface area contributed by atoms with E-state index in [9.17, 15) is 25.2 Å². The zero-order chi connectivity index (χ0) is 19.9. The van der Waals surface area contributed by atoms with Crippen molar-refractivity contribution in [3.63, 3.8) is 0 Å². The number of benzene rings is 1. The lowest BCUT2D eigenvalue weighted by molar-refractivity contribution is -0.0755. The van der Waals surface area contributed by atoms with Gasteiger partial charge in [-0.2, -0.15) is 0 Å². The van der Waals surface area contributed by atoms with E-state index in [1.165, 1.54) is 0 Å². The maximum absolute atomic E-state index is 11.6. The average molecular weight is 375 g/mol. The van der Waals surface area contributed by atoms with Crippen molar-refractivity contribution in [1.82, 2.24) is 15.0 Å². The highest BCUT2D eigenvalue weighted by atomic mass is 16.4. The molecule has 144 valence electrons. The lowest BCUT2D eigenvalue weighted by Crippen LogP contribution is -2.40. The second-order valence-corrected chi connectivity index (χ2v) is 6.62. The smallest absolute Gasteiger partial charge is 0.253 e. The molecule has 9 heteroatoms. The molecule has 27 heavy (non-hydrogen) atoms. The first kappa shape index (κ1) is 19.2. The van der Waals surface area contributed by atoms with Crippen molar-refractivity contribution in [2.45, 2.75) is 38.6 Å². The van der Waals surface area contributed by atoms with E-state index < -0.39 is 30.5 Å². The molecule has 2 heterocycles. The molecular weight excluding hydrogens is 354 g/mol. The summed E-state index contributed by atoms with van der Waals surface area (Å²) in [5, 5.41) is 48.8. The van der Waals surface area contributed by atoms with E-state index in [2.05, 4.69) is 15.0 Å². The van der Waals surface area contributed by atoms with E-state index >= 15 is 0 Å². The fourth-order valence-corrected chi connectivity index (χ4v) is 3.06. The van der Waals surface area contributed by atoms with Crippen molar-refractivity contribution in [3.8, 4) is 5.75 Å². The van der Waals surface area contributed by atoms with Gasteiger partial charge in [0.1, 0.15) is 17.7 Å². The molecule has 0 radical (unpaired) electrons. The van der Waals surface area contributed by atoms with E-state index in [0.717, 1.165) is 17.2 Å². The van der Waals surface area contributed by atoms with Gasteiger partial charge in [-0.1, -0.05) is 0 Å². The van der Waals surface area contributed by atoms with Crippen molar-refractivity contribution < 1.29 is 25.5 Å². The van der Waals surface area contributed by atoms with Crippen molar-refractivity contribution in [3.05, 3.63) is 39.2 Å². The molecular formula is C18H21N3O6. The molecule has 6 N–H and O–H groups in total. The molecule has 0 aliphatic carbocycles. The Balaban J connectivity index is 2.20. The summed E-state index contributed by atoms with van der Waals surface area (Å²) < 4.78 is 0. The highest BCUT2D eigenvalue weighted by molar-refractivity contribution is 5.90. The first-order valence-electron chi connectivity index (χ1n) is 8.40. The van der Waals surface area contributed by atoms with Crippen LogP contribution in [0.1, 0.15) is 16.7 Å². The summed E-state index contributed by atoms with van der Waals surface area (Å²) in [6.07, 6.45) is -4.41. The minimum atomic E-state index is -1.54. The molecule has 0 amide bonds. The zero-order valence-electron chi connectivity index (χ0n) is 14.8. The number of hydrogen-bond acceptors (Lipinski definition) is 8. The number of rotatable bonds is 5. The Labute approximate surface area is 153 Å². The molecule has 0 aliphatic heterocycles. The predicted molar refractivity (Wildman–Crippen MR) is 97.6 cm³/mol. The topological polar surface area (TPSA) is 160 Å². The van der Waals surface area contributed by atoms with Crippen LogP contribution >= 0.6 is 0 Å². The highest BCUT2D eigenvalue weighted by Crippen LogP contribution is 2.28. The van der Waals surface area contributed by atoms with Crippen LogP contribution in [0.3, 0.4) is 0 Å². The summed E-state index contributed by atoms with van der Waals surface area (Å²) in [6, 6.07) is 2.77. The number of H-pyrrole nitrogens is 1. The number of nitrogens with one attached hydrogen (secondary N) is 1. The van der Waals surface area contributed by atoms with Gasteiger partial charge in [-0.25, -0.2) is 9.97 Å². The van der Waals surface area contributed by atoms with Crippen LogP contribution in [0.4, 0.5) is 0 Å². The van der Waals surface area contributed by atoms with Crippen molar-refractivity contribution in [2.75, 3.05) is 6.61 Å². The lowest BCUT2D eigenvalue weighted by Gasteiger charge is -2.23. The molecule has 0 saturated carbocycles. The van der Waals surface area contributed by atoms with Gasteiger partial charge in [-0.15, -0.1) is 0 Å². The molecule has 0 saturated heterocycles. The van der Waals surface area contributed by atoms with Gasteiger partial charge in [-0.3, -0.25) is 4.79 Å². The molecule has 2 aromatic heterocycles. The molecule has 0 spiro atoms. The highest BCUT2D eigenvalue weighted by Gasteiger charge is 2.26. The summed E-state index contributed by atoms with van der Waals surface area (Å²) >= 11 is 0. The molecule has 0 unspecified atom stereocenters. The number of aryl methyl sites for hydroxylation is 1. The van der Waals surface area contributed by atoms with Crippen molar-refractivity contribution in [1.29, 1.82) is 0 Å². The largest absolute Gasteiger partial charge is 0.505 e. The van der Waals surface area contributed by atoms with Crippen LogP contribution in [0.15, 0.2) is 16.9 Å². The molecule has 1 aromatic carbocycles. The van der Waals surface area contributed by atoms with Gasteiger partial charge < -0.3 is 30.5 Å². The number of nitrogens with zero attached hydrogens (tertiary/aromatic N) is 2.